The molecule has 0 saturated carbocycles. The molecule has 2 nitrogen and oxygen atoms in total. The Balaban J connectivity index is 1.62. The van der Waals surface area contributed by atoms with Crippen LogP contribution in [0.4, 0.5) is 0 Å². The van der Waals surface area contributed by atoms with E-state index >= 15 is 0 Å². The minimum Gasteiger partial charge on any atom is -0.358 e. The molecule has 0 spiro atoms. The van der Waals surface area contributed by atoms with Crippen molar-refractivity contribution < 1.29 is 0 Å². The van der Waals surface area contributed by atoms with Gasteiger partial charge in [-0.15, -0.1) is 11.3 Å². The highest BCUT2D eigenvalue weighted by atomic mass is 32.1. The molecule has 1 heterocycles. The van der Waals surface area contributed by atoms with Crippen LogP contribution in [0.25, 0.3) is 10.8 Å². The van der Waals surface area contributed by atoms with Gasteiger partial charge in [0.2, 0.25) is 0 Å². The van der Waals surface area contributed by atoms with Gasteiger partial charge in [0.15, 0.2) is 5.11 Å². The summed E-state index contributed by atoms with van der Waals surface area (Å²) < 4.78 is 0. The number of hydrogen-bond donors (Lipinski definition) is 2. The molecule has 112 valence electrons. The molecule has 0 amide bonds. The van der Waals surface area contributed by atoms with Crippen LogP contribution in [-0.2, 0) is 6.54 Å². The zero-order valence-electron chi connectivity index (χ0n) is 12.4. The summed E-state index contributed by atoms with van der Waals surface area (Å²) in [6.07, 6.45) is 0. The summed E-state index contributed by atoms with van der Waals surface area (Å²) in [5.41, 5.74) is 1.24. The Hall–Kier alpha value is -1.91. The SMILES string of the molecule is C[C@H](NC(=S)NCc1cccs1)c1ccc2ccccc2c1. The van der Waals surface area contributed by atoms with E-state index in [1.165, 1.54) is 21.2 Å². The number of thiophene rings is 1. The molecule has 1 atom stereocenters. The Bertz CT molecular complexity index is 766. The normalized spacial score (nSPS) is 12.0. The van der Waals surface area contributed by atoms with Gasteiger partial charge in [-0.3, -0.25) is 0 Å². The topological polar surface area (TPSA) is 24.1 Å². The van der Waals surface area contributed by atoms with Crippen molar-refractivity contribution in [3.05, 3.63) is 70.4 Å². The van der Waals surface area contributed by atoms with Crippen LogP contribution >= 0.6 is 23.6 Å². The molecule has 0 aliphatic carbocycles. The quantitative estimate of drug-likeness (QED) is 0.684. The van der Waals surface area contributed by atoms with Gasteiger partial charge in [0, 0.05) is 4.88 Å². The van der Waals surface area contributed by atoms with Crippen LogP contribution in [0.1, 0.15) is 23.4 Å². The largest absolute Gasteiger partial charge is 0.358 e. The second-order valence-corrected chi connectivity index (χ2v) is 6.68. The fourth-order valence-electron chi connectivity index (χ4n) is 2.39. The van der Waals surface area contributed by atoms with Crippen molar-refractivity contribution in [1.29, 1.82) is 0 Å². The lowest BCUT2D eigenvalue weighted by molar-refractivity contribution is 0.700. The Morgan fingerprint density at radius 1 is 1.09 bits per heavy atom. The van der Waals surface area contributed by atoms with E-state index in [-0.39, 0.29) is 6.04 Å². The third kappa shape index (κ3) is 3.64. The van der Waals surface area contributed by atoms with Gasteiger partial charge in [-0.25, -0.2) is 0 Å². The van der Waals surface area contributed by atoms with Crippen LogP contribution in [0.5, 0.6) is 0 Å². The van der Waals surface area contributed by atoms with Gasteiger partial charge in [0.25, 0.3) is 0 Å². The minimum atomic E-state index is 0.174. The molecule has 2 N–H and O–H groups in total. The zero-order chi connectivity index (χ0) is 15.4. The molecule has 0 aliphatic heterocycles. The molecule has 1 aromatic heterocycles. The van der Waals surface area contributed by atoms with E-state index < -0.39 is 0 Å². The number of fused-ring (bicyclic) bond motifs is 1. The van der Waals surface area contributed by atoms with Gasteiger partial charge in [0.05, 0.1) is 12.6 Å². The van der Waals surface area contributed by atoms with Crippen LogP contribution in [-0.4, -0.2) is 5.11 Å². The minimum absolute atomic E-state index is 0.174. The highest BCUT2D eigenvalue weighted by molar-refractivity contribution is 7.80. The molecule has 3 rings (SSSR count). The van der Waals surface area contributed by atoms with E-state index in [1.807, 2.05) is 0 Å². The molecular formula is C18H18N2S2. The van der Waals surface area contributed by atoms with Gasteiger partial charge in [-0.05, 0) is 53.0 Å². The van der Waals surface area contributed by atoms with E-state index in [4.69, 9.17) is 12.2 Å². The molecule has 22 heavy (non-hydrogen) atoms. The lowest BCUT2D eigenvalue weighted by atomic mass is 10.0. The van der Waals surface area contributed by atoms with Crippen molar-refractivity contribution >= 4 is 39.4 Å². The molecule has 0 aliphatic rings. The molecule has 3 aromatic rings. The molecular weight excluding hydrogens is 308 g/mol. The zero-order valence-corrected chi connectivity index (χ0v) is 14.0. The molecule has 2 aromatic carbocycles. The Morgan fingerprint density at radius 3 is 2.68 bits per heavy atom. The predicted octanol–water partition coefficient (Wildman–Crippen LogP) is 4.63. The summed E-state index contributed by atoms with van der Waals surface area (Å²) in [5, 5.41) is 11.9. The summed E-state index contributed by atoms with van der Waals surface area (Å²) in [4.78, 5) is 1.28. The van der Waals surface area contributed by atoms with Crippen LogP contribution in [0, 0.1) is 0 Å². The summed E-state index contributed by atoms with van der Waals surface area (Å²) in [6.45, 7) is 2.90. The molecule has 0 unspecified atom stereocenters. The monoisotopic (exact) mass is 326 g/mol. The van der Waals surface area contributed by atoms with Crippen molar-refractivity contribution in [1.82, 2.24) is 10.6 Å². The standard InChI is InChI=1S/C18H18N2S2/c1-13(20-18(21)19-12-17-7-4-10-22-17)15-9-8-14-5-2-3-6-16(14)11-15/h2-11,13H,12H2,1H3,(H2,19,20,21)/t13-/m0/s1. The summed E-state index contributed by atoms with van der Waals surface area (Å²) in [6, 6.07) is 19.3. The first kappa shape index (κ1) is 15.0. The third-order valence-corrected chi connectivity index (χ3v) is 4.76. The van der Waals surface area contributed by atoms with Crippen molar-refractivity contribution in [3.63, 3.8) is 0 Å². The van der Waals surface area contributed by atoms with Gasteiger partial charge < -0.3 is 10.6 Å². The number of thiocarbonyl (C=S) groups is 1. The maximum absolute atomic E-state index is 5.38. The predicted molar refractivity (Wildman–Crippen MR) is 99.3 cm³/mol. The van der Waals surface area contributed by atoms with Crippen molar-refractivity contribution in [2.75, 3.05) is 0 Å². The van der Waals surface area contributed by atoms with Crippen LogP contribution < -0.4 is 10.6 Å². The molecule has 4 heteroatoms. The molecule has 0 saturated heterocycles. The fourth-order valence-corrected chi connectivity index (χ4v) is 3.28. The number of hydrogen-bond acceptors (Lipinski definition) is 2. The molecule has 0 radical (unpaired) electrons. The Labute approximate surface area is 140 Å². The average Bonchev–Trinajstić information content (AvgIpc) is 3.06. The summed E-state index contributed by atoms with van der Waals surface area (Å²) in [7, 11) is 0. The smallest absolute Gasteiger partial charge is 0.167 e. The number of rotatable bonds is 4. The molecule has 0 bridgehead atoms. The summed E-state index contributed by atoms with van der Waals surface area (Å²) >= 11 is 7.11. The third-order valence-electron chi connectivity index (χ3n) is 3.62. The van der Waals surface area contributed by atoms with Gasteiger partial charge >= 0.3 is 0 Å². The Kier molecular flexibility index (Phi) is 4.71. The van der Waals surface area contributed by atoms with Gasteiger partial charge in [0.1, 0.15) is 0 Å². The Morgan fingerprint density at radius 2 is 1.91 bits per heavy atom. The number of benzene rings is 2. The summed E-state index contributed by atoms with van der Waals surface area (Å²) in [5.74, 6) is 0. The van der Waals surface area contributed by atoms with E-state index in [0.717, 1.165) is 6.54 Å². The second-order valence-electron chi connectivity index (χ2n) is 5.23. The lowest BCUT2D eigenvalue weighted by Crippen LogP contribution is -2.36. The van der Waals surface area contributed by atoms with E-state index in [0.29, 0.717) is 5.11 Å². The van der Waals surface area contributed by atoms with Crippen molar-refractivity contribution in [2.45, 2.75) is 19.5 Å². The van der Waals surface area contributed by atoms with E-state index in [1.54, 1.807) is 11.3 Å². The van der Waals surface area contributed by atoms with Crippen LogP contribution in [0.3, 0.4) is 0 Å². The van der Waals surface area contributed by atoms with Crippen LogP contribution in [0.2, 0.25) is 0 Å². The number of nitrogens with one attached hydrogen (secondary N) is 2. The van der Waals surface area contributed by atoms with Gasteiger partial charge in [-0.1, -0.05) is 42.5 Å². The first-order chi connectivity index (χ1) is 10.7. The average molecular weight is 326 g/mol. The maximum Gasteiger partial charge on any atom is 0.167 e. The lowest BCUT2D eigenvalue weighted by Gasteiger charge is -2.17. The highest BCUT2D eigenvalue weighted by Crippen LogP contribution is 2.20. The molecule has 0 fully saturated rings. The second kappa shape index (κ2) is 6.90. The van der Waals surface area contributed by atoms with Crippen molar-refractivity contribution in [3.8, 4) is 0 Å². The van der Waals surface area contributed by atoms with Crippen LogP contribution in [0.15, 0.2) is 60.0 Å². The first-order valence-corrected chi connectivity index (χ1v) is 8.56. The fraction of sp³-hybridized carbons (Fsp3) is 0.167. The maximum atomic E-state index is 5.38. The van der Waals surface area contributed by atoms with Crippen molar-refractivity contribution in [2.24, 2.45) is 0 Å². The highest BCUT2D eigenvalue weighted by Gasteiger charge is 2.07. The van der Waals surface area contributed by atoms with Gasteiger partial charge in [-0.2, -0.15) is 0 Å². The first-order valence-electron chi connectivity index (χ1n) is 7.28. The van der Waals surface area contributed by atoms with E-state index in [9.17, 15) is 0 Å². The van der Waals surface area contributed by atoms with E-state index in [2.05, 4.69) is 77.5 Å².